The number of oxime groups is 1. The van der Waals surface area contributed by atoms with Crippen LogP contribution in [0.1, 0.15) is 18.1 Å². The average Bonchev–Trinajstić information content (AvgIpc) is 2.55. The van der Waals surface area contributed by atoms with Crippen molar-refractivity contribution < 1.29 is 13.3 Å². The molecule has 0 atom stereocenters. The van der Waals surface area contributed by atoms with E-state index < -0.39 is 10.0 Å². The molecular weight excluding hydrogens is 312 g/mol. The fourth-order valence-corrected chi connectivity index (χ4v) is 2.83. The Morgan fingerprint density at radius 3 is 2.35 bits per heavy atom. The maximum absolute atomic E-state index is 12.3. The minimum atomic E-state index is -3.83. The summed E-state index contributed by atoms with van der Waals surface area (Å²) in [4.78, 5) is 5.24. The smallest absolute Gasteiger partial charge is 0.285 e. The van der Waals surface area contributed by atoms with Crippen LogP contribution in [0.15, 0.2) is 69.0 Å². The van der Waals surface area contributed by atoms with Crippen molar-refractivity contribution in [3.8, 4) is 0 Å². The molecule has 120 valence electrons. The lowest BCUT2D eigenvalue weighted by molar-refractivity contribution is 0.323. The van der Waals surface area contributed by atoms with Gasteiger partial charge >= 0.3 is 0 Å². The molecule has 0 aliphatic heterocycles. The van der Waals surface area contributed by atoms with Crippen molar-refractivity contribution in [1.82, 2.24) is 0 Å². The Bertz CT molecular complexity index is 795. The van der Waals surface area contributed by atoms with Crippen LogP contribution in [0.4, 0.5) is 0 Å². The second-order valence-corrected chi connectivity index (χ2v) is 6.49. The predicted octanol–water partition coefficient (Wildman–Crippen LogP) is 3.35. The highest BCUT2D eigenvalue weighted by Crippen LogP contribution is 2.13. The maximum Gasteiger partial charge on any atom is 0.285 e. The van der Waals surface area contributed by atoms with E-state index in [1.54, 1.807) is 25.1 Å². The van der Waals surface area contributed by atoms with Gasteiger partial charge in [0.1, 0.15) is 0 Å². The van der Waals surface area contributed by atoms with Gasteiger partial charge < -0.3 is 4.84 Å². The molecule has 5 nitrogen and oxygen atoms in total. The van der Waals surface area contributed by atoms with Crippen molar-refractivity contribution >= 4 is 22.1 Å². The summed E-state index contributed by atoms with van der Waals surface area (Å²) in [6.07, 6.45) is 1.67. The van der Waals surface area contributed by atoms with E-state index >= 15 is 0 Å². The summed E-state index contributed by atoms with van der Waals surface area (Å²) in [6, 6.07) is 15.7. The molecule has 0 fully saturated rings. The molecular formula is C17H18N2O3S. The first-order valence-corrected chi connectivity index (χ1v) is 8.55. The lowest BCUT2D eigenvalue weighted by atomic mass is 10.1. The molecule has 0 aliphatic carbocycles. The van der Waals surface area contributed by atoms with E-state index in [9.17, 15) is 8.42 Å². The summed E-state index contributed by atoms with van der Waals surface area (Å²) in [5, 5.41) is 3.64. The monoisotopic (exact) mass is 330 g/mol. The highest BCUT2D eigenvalue weighted by molar-refractivity contribution is 7.90. The summed E-state index contributed by atoms with van der Waals surface area (Å²) in [7, 11) is -3.83. The number of aryl methyl sites for hydroxylation is 1. The Morgan fingerprint density at radius 2 is 1.74 bits per heavy atom. The fraction of sp³-hybridized carbons (Fsp3) is 0.176. The minimum absolute atomic E-state index is 0.0239. The lowest BCUT2D eigenvalue weighted by Crippen LogP contribution is -2.10. The zero-order chi connectivity index (χ0) is 16.7. The third-order valence-electron chi connectivity index (χ3n) is 3.00. The van der Waals surface area contributed by atoms with Gasteiger partial charge in [0.15, 0.2) is 0 Å². The molecule has 0 saturated carbocycles. The molecule has 2 rings (SSSR count). The Labute approximate surface area is 136 Å². The van der Waals surface area contributed by atoms with E-state index in [1.807, 2.05) is 31.2 Å². The molecule has 0 spiro atoms. The fourth-order valence-electron chi connectivity index (χ4n) is 1.85. The van der Waals surface area contributed by atoms with Gasteiger partial charge in [0, 0.05) is 6.21 Å². The van der Waals surface area contributed by atoms with Gasteiger partial charge in [0.05, 0.1) is 11.3 Å². The van der Waals surface area contributed by atoms with Crippen LogP contribution in [0.2, 0.25) is 0 Å². The molecule has 0 saturated heterocycles. The highest BCUT2D eigenvalue weighted by atomic mass is 32.2. The first-order valence-electron chi connectivity index (χ1n) is 7.11. The van der Waals surface area contributed by atoms with Gasteiger partial charge in [-0.3, -0.25) is 0 Å². The van der Waals surface area contributed by atoms with Crippen LogP contribution < -0.4 is 0 Å². The van der Waals surface area contributed by atoms with Crippen LogP contribution in [-0.4, -0.2) is 20.5 Å². The summed E-state index contributed by atoms with van der Waals surface area (Å²) in [5.41, 5.74) is 2.01. The Morgan fingerprint density at radius 1 is 1.09 bits per heavy atom. The number of rotatable bonds is 5. The average molecular weight is 330 g/mol. The van der Waals surface area contributed by atoms with Crippen LogP contribution in [0.5, 0.6) is 0 Å². The van der Waals surface area contributed by atoms with Gasteiger partial charge in [-0.25, -0.2) is 0 Å². The summed E-state index contributed by atoms with van der Waals surface area (Å²) in [5.74, 6) is 0.0239. The molecule has 0 heterocycles. The lowest BCUT2D eigenvalue weighted by Gasteiger charge is -2.05. The molecule has 0 aromatic heterocycles. The molecule has 0 N–H and O–H groups in total. The summed E-state index contributed by atoms with van der Waals surface area (Å²) in [6.45, 7) is 3.66. The van der Waals surface area contributed by atoms with Crippen molar-refractivity contribution in [2.24, 2.45) is 9.55 Å². The van der Waals surface area contributed by atoms with E-state index in [4.69, 9.17) is 4.84 Å². The molecule has 2 aromatic rings. The van der Waals surface area contributed by atoms with Gasteiger partial charge in [0.25, 0.3) is 10.0 Å². The van der Waals surface area contributed by atoms with Crippen LogP contribution in [-0.2, 0) is 21.3 Å². The second-order valence-electron chi connectivity index (χ2n) is 4.89. The zero-order valence-electron chi connectivity index (χ0n) is 13.0. The zero-order valence-corrected chi connectivity index (χ0v) is 13.8. The standard InChI is InChI=1S/C17H18N2O3S/c1-3-18-22-17(13-15-11-9-14(2)10-12-15)19-23(20,21)16-7-5-4-6-8-16/h3-12H,13H2,1-2H3/b18-3+,19-17-. The molecule has 0 amide bonds. The summed E-state index contributed by atoms with van der Waals surface area (Å²) < 4.78 is 28.4. The molecule has 0 bridgehead atoms. The number of hydrogen-bond acceptors (Lipinski definition) is 4. The van der Waals surface area contributed by atoms with E-state index in [0.29, 0.717) is 0 Å². The highest BCUT2D eigenvalue weighted by Gasteiger charge is 2.15. The molecule has 0 aliphatic rings. The second kappa shape index (κ2) is 7.69. The van der Waals surface area contributed by atoms with Gasteiger partial charge in [-0.2, -0.15) is 8.42 Å². The van der Waals surface area contributed by atoms with E-state index in [2.05, 4.69) is 9.55 Å². The first-order chi connectivity index (χ1) is 11.0. The van der Waals surface area contributed by atoms with E-state index in [1.165, 1.54) is 18.3 Å². The molecule has 23 heavy (non-hydrogen) atoms. The molecule has 6 heteroatoms. The van der Waals surface area contributed by atoms with Gasteiger partial charge in [0.2, 0.25) is 5.90 Å². The van der Waals surface area contributed by atoms with Crippen molar-refractivity contribution in [2.45, 2.75) is 25.2 Å². The third kappa shape index (κ3) is 5.03. The number of benzene rings is 2. The predicted molar refractivity (Wildman–Crippen MR) is 91.2 cm³/mol. The summed E-state index contributed by atoms with van der Waals surface area (Å²) >= 11 is 0. The van der Waals surface area contributed by atoms with Gasteiger partial charge in [-0.05, 0) is 31.5 Å². The van der Waals surface area contributed by atoms with Gasteiger partial charge in [-0.1, -0.05) is 53.2 Å². The Balaban J connectivity index is 2.32. The van der Waals surface area contributed by atoms with Crippen molar-refractivity contribution in [3.63, 3.8) is 0 Å². The van der Waals surface area contributed by atoms with Crippen molar-refractivity contribution in [1.29, 1.82) is 0 Å². The first kappa shape index (κ1) is 16.9. The maximum atomic E-state index is 12.3. The van der Waals surface area contributed by atoms with Crippen LogP contribution in [0.25, 0.3) is 0 Å². The quantitative estimate of drug-likeness (QED) is 0.479. The Kier molecular flexibility index (Phi) is 5.65. The molecule has 0 unspecified atom stereocenters. The molecule has 2 aromatic carbocycles. The van der Waals surface area contributed by atoms with Crippen LogP contribution in [0.3, 0.4) is 0 Å². The largest absolute Gasteiger partial charge is 0.340 e. The van der Waals surface area contributed by atoms with Crippen LogP contribution in [0, 0.1) is 6.92 Å². The van der Waals surface area contributed by atoms with E-state index in [0.717, 1.165) is 11.1 Å². The van der Waals surface area contributed by atoms with Crippen molar-refractivity contribution in [3.05, 3.63) is 65.7 Å². The Hall–Kier alpha value is -2.47. The third-order valence-corrected chi connectivity index (χ3v) is 4.31. The SMILES string of the molecule is C/C=N/O/C(Cc1ccc(C)cc1)=N\S(=O)(=O)c1ccccc1. The topological polar surface area (TPSA) is 68.1 Å². The van der Waals surface area contributed by atoms with Crippen LogP contribution >= 0.6 is 0 Å². The minimum Gasteiger partial charge on any atom is -0.340 e. The molecule has 0 radical (unpaired) electrons. The van der Waals surface area contributed by atoms with Gasteiger partial charge in [-0.15, -0.1) is 4.40 Å². The van der Waals surface area contributed by atoms with Crippen molar-refractivity contribution in [2.75, 3.05) is 0 Å². The van der Waals surface area contributed by atoms with E-state index in [-0.39, 0.29) is 17.2 Å². The number of nitrogens with zero attached hydrogens (tertiary/aromatic N) is 2. The number of hydrogen-bond donors (Lipinski definition) is 0. The number of sulfonamides is 1. The normalized spacial score (nSPS) is 12.5.